The number of nitrogens with zero attached hydrogens (tertiary/aromatic N) is 2. The van der Waals surface area contributed by atoms with Gasteiger partial charge in [0.2, 0.25) is 0 Å². The molecular weight excluding hydrogens is 262 g/mol. The maximum atomic E-state index is 11.9. The standard InChI is InChI=1S/C13H13N3O2S/c17-12(11-4-2-6-18-11)16-13-15-10(8-19-13)9-3-1-5-14-7-9/h1,3,5,7-8,11H,2,4,6H2,(H,15,16,17)/t11-/m0/s1. The Balaban J connectivity index is 1.70. The van der Waals surface area contributed by atoms with Gasteiger partial charge in [0.25, 0.3) is 5.91 Å². The molecule has 1 aliphatic heterocycles. The van der Waals surface area contributed by atoms with Crippen LogP contribution in [0.25, 0.3) is 11.3 Å². The van der Waals surface area contributed by atoms with Gasteiger partial charge in [0.15, 0.2) is 5.13 Å². The smallest absolute Gasteiger partial charge is 0.255 e. The van der Waals surface area contributed by atoms with Crippen LogP contribution < -0.4 is 5.32 Å². The number of hydrogen-bond donors (Lipinski definition) is 1. The fourth-order valence-electron chi connectivity index (χ4n) is 1.95. The summed E-state index contributed by atoms with van der Waals surface area (Å²) < 4.78 is 5.33. The van der Waals surface area contributed by atoms with Crippen molar-refractivity contribution < 1.29 is 9.53 Å². The Morgan fingerprint density at radius 2 is 2.47 bits per heavy atom. The summed E-state index contributed by atoms with van der Waals surface area (Å²) in [5.74, 6) is -0.107. The van der Waals surface area contributed by atoms with Crippen molar-refractivity contribution in [3.63, 3.8) is 0 Å². The van der Waals surface area contributed by atoms with Gasteiger partial charge in [0, 0.05) is 29.9 Å². The Kier molecular flexibility index (Phi) is 3.52. The molecule has 1 aliphatic rings. The number of nitrogens with one attached hydrogen (secondary N) is 1. The molecular formula is C13H13N3O2S. The molecule has 98 valence electrons. The third kappa shape index (κ3) is 2.80. The summed E-state index contributed by atoms with van der Waals surface area (Å²) in [6, 6.07) is 3.80. The Morgan fingerprint density at radius 1 is 1.53 bits per heavy atom. The van der Waals surface area contributed by atoms with Crippen LogP contribution in [0.4, 0.5) is 5.13 Å². The van der Waals surface area contributed by atoms with Gasteiger partial charge in [-0.1, -0.05) is 0 Å². The average molecular weight is 275 g/mol. The van der Waals surface area contributed by atoms with Crippen molar-refractivity contribution in [1.29, 1.82) is 0 Å². The highest BCUT2D eigenvalue weighted by Crippen LogP contribution is 2.24. The van der Waals surface area contributed by atoms with E-state index in [2.05, 4.69) is 15.3 Å². The summed E-state index contributed by atoms with van der Waals surface area (Å²) >= 11 is 1.41. The van der Waals surface area contributed by atoms with E-state index in [1.54, 1.807) is 12.4 Å². The van der Waals surface area contributed by atoms with Gasteiger partial charge >= 0.3 is 0 Å². The second kappa shape index (κ2) is 5.46. The van der Waals surface area contributed by atoms with E-state index < -0.39 is 0 Å². The molecule has 3 rings (SSSR count). The lowest BCUT2D eigenvalue weighted by molar-refractivity contribution is -0.124. The molecule has 19 heavy (non-hydrogen) atoms. The van der Waals surface area contributed by atoms with Gasteiger partial charge in [-0.2, -0.15) is 0 Å². The van der Waals surface area contributed by atoms with Gasteiger partial charge in [-0.15, -0.1) is 11.3 Å². The Morgan fingerprint density at radius 3 is 3.21 bits per heavy atom. The molecule has 0 aliphatic carbocycles. The zero-order valence-electron chi connectivity index (χ0n) is 10.2. The SMILES string of the molecule is O=C(Nc1nc(-c2cccnc2)cs1)[C@@H]1CCCO1. The molecule has 1 N–H and O–H groups in total. The number of hydrogen-bond acceptors (Lipinski definition) is 5. The minimum absolute atomic E-state index is 0.107. The molecule has 0 bridgehead atoms. The lowest BCUT2D eigenvalue weighted by atomic mass is 10.2. The Hall–Kier alpha value is -1.79. The van der Waals surface area contributed by atoms with Crippen LogP contribution in [0, 0.1) is 0 Å². The fraction of sp³-hybridized carbons (Fsp3) is 0.308. The summed E-state index contributed by atoms with van der Waals surface area (Å²) in [5.41, 5.74) is 1.76. The molecule has 5 nitrogen and oxygen atoms in total. The van der Waals surface area contributed by atoms with Crippen molar-refractivity contribution in [2.45, 2.75) is 18.9 Å². The van der Waals surface area contributed by atoms with E-state index in [1.807, 2.05) is 17.5 Å². The van der Waals surface area contributed by atoms with Gasteiger partial charge in [-0.3, -0.25) is 15.1 Å². The van der Waals surface area contributed by atoms with E-state index in [-0.39, 0.29) is 12.0 Å². The molecule has 0 unspecified atom stereocenters. The number of carbonyl (C=O) groups is 1. The number of pyridine rings is 1. The number of amides is 1. The normalized spacial score (nSPS) is 18.4. The molecule has 1 saturated heterocycles. The molecule has 2 aromatic rings. The molecule has 1 atom stereocenters. The fourth-order valence-corrected chi connectivity index (χ4v) is 2.67. The zero-order valence-corrected chi connectivity index (χ0v) is 11.0. The lowest BCUT2D eigenvalue weighted by Gasteiger charge is -2.07. The van der Waals surface area contributed by atoms with E-state index in [0.29, 0.717) is 11.7 Å². The number of rotatable bonds is 3. The molecule has 3 heterocycles. The molecule has 1 amide bonds. The van der Waals surface area contributed by atoms with Gasteiger partial charge in [-0.05, 0) is 25.0 Å². The number of thiazole rings is 1. The van der Waals surface area contributed by atoms with Crippen molar-refractivity contribution in [1.82, 2.24) is 9.97 Å². The quantitative estimate of drug-likeness (QED) is 0.933. The predicted octanol–water partition coefficient (Wildman–Crippen LogP) is 2.32. The van der Waals surface area contributed by atoms with Crippen molar-refractivity contribution in [2.75, 3.05) is 11.9 Å². The maximum absolute atomic E-state index is 11.9. The van der Waals surface area contributed by atoms with Crippen LogP contribution in [0.15, 0.2) is 29.9 Å². The highest BCUT2D eigenvalue weighted by Gasteiger charge is 2.24. The van der Waals surface area contributed by atoms with Crippen molar-refractivity contribution >= 4 is 22.4 Å². The van der Waals surface area contributed by atoms with E-state index in [0.717, 1.165) is 24.1 Å². The molecule has 0 spiro atoms. The van der Waals surface area contributed by atoms with Gasteiger partial charge in [0.1, 0.15) is 6.10 Å². The molecule has 1 fully saturated rings. The Labute approximate surface area is 114 Å². The van der Waals surface area contributed by atoms with Crippen LogP contribution in [-0.4, -0.2) is 28.6 Å². The average Bonchev–Trinajstić information content (AvgIpc) is 3.11. The highest BCUT2D eigenvalue weighted by molar-refractivity contribution is 7.14. The number of carbonyl (C=O) groups excluding carboxylic acids is 1. The molecule has 0 aromatic carbocycles. The number of ether oxygens (including phenoxy) is 1. The Bertz CT molecular complexity index is 564. The summed E-state index contributed by atoms with van der Waals surface area (Å²) in [4.78, 5) is 20.3. The third-order valence-corrected chi connectivity index (χ3v) is 3.67. The summed E-state index contributed by atoms with van der Waals surface area (Å²) in [7, 11) is 0. The topological polar surface area (TPSA) is 64.1 Å². The summed E-state index contributed by atoms with van der Waals surface area (Å²) in [6.07, 6.45) is 4.87. The minimum Gasteiger partial charge on any atom is -0.368 e. The van der Waals surface area contributed by atoms with E-state index in [1.165, 1.54) is 11.3 Å². The van der Waals surface area contributed by atoms with E-state index in [9.17, 15) is 4.79 Å². The van der Waals surface area contributed by atoms with Crippen LogP contribution in [-0.2, 0) is 9.53 Å². The summed E-state index contributed by atoms with van der Waals surface area (Å²) in [5, 5.41) is 5.30. The van der Waals surface area contributed by atoms with Gasteiger partial charge in [0.05, 0.1) is 5.69 Å². The third-order valence-electron chi connectivity index (χ3n) is 2.91. The monoisotopic (exact) mass is 275 g/mol. The van der Waals surface area contributed by atoms with Gasteiger partial charge in [-0.25, -0.2) is 4.98 Å². The molecule has 0 radical (unpaired) electrons. The minimum atomic E-state index is -0.328. The van der Waals surface area contributed by atoms with Crippen LogP contribution in [0.3, 0.4) is 0 Å². The predicted molar refractivity (Wildman–Crippen MR) is 72.9 cm³/mol. The number of anilines is 1. The van der Waals surface area contributed by atoms with Crippen LogP contribution in [0.2, 0.25) is 0 Å². The first-order chi connectivity index (χ1) is 9.33. The number of aromatic nitrogens is 2. The first-order valence-electron chi connectivity index (χ1n) is 6.11. The molecule has 2 aromatic heterocycles. The second-order valence-electron chi connectivity index (χ2n) is 4.27. The maximum Gasteiger partial charge on any atom is 0.255 e. The largest absolute Gasteiger partial charge is 0.368 e. The van der Waals surface area contributed by atoms with Crippen LogP contribution in [0.5, 0.6) is 0 Å². The van der Waals surface area contributed by atoms with Crippen molar-refractivity contribution in [2.24, 2.45) is 0 Å². The van der Waals surface area contributed by atoms with E-state index >= 15 is 0 Å². The zero-order chi connectivity index (χ0) is 13.1. The van der Waals surface area contributed by atoms with Crippen LogP contribution >= 0.6 is 11.3 Å². The first kappa shape index (κ1) is 12.3. The molecule has 0 saturated carbocycles. The highest BCUT2D eigenvalue weighted by atomic mass is 32.1. The molecule has 6 heteroatoms. The summed E-state index contributed by atoms with van der Waals surface area (Å²) in [6.45, 7) is 0.664. The van der Waals surface area contributed by atoms with Crippen molar-refractivity contribution in [3.8, 4) is 11.3 Å². The lowest BCUT2D eigenvalue weighted by Crippen LogP contribution is -2.26. The van der Waals surface area contributed by atoms with Crippen molar-refractivity contribution in [3.05, 3.63) is 29.9 Å². The first-order valence-corrected chi connectivity index (χ1v) is 6.99. The van der Waals surface area contributed by atoms with E-state index in [4.69, 9.17) is 4.74 Å². The second-order valence-corrected chi connectivity index (χ2v) is 5.13. The van der Waals surface area contributed by atoms with Gasteiger partial charge < -0.3 is 4.74 Å². The van der Waals surface area contributed by atoms with Crippen LogP contribution in [0.1, 0.15) is 12.8 Å².